The van der Waals surface area contributed by atoms with Crippen molar-refractivity contribution in [1.29, 1.82) is 0 Å². The maximum absolute atomic E-state index is 11.8. The molecule has 1 aliphatic rings. The van der Waals surface area contributed by atoms with E-state index in [1.54, 1.807) is 12.1 Å². The Balaban J connectivity index is 2.10. The summed E-state index contributed by atoms with van der Waals surface area (Å²) < 4.78 is 10.9. The fourth-order valence-electron chi connectivity index (χ4n) is 2.96. The van der Waals surface area contributed by atoms with Gasteiger partial charge >= 0.3 is 5.97 Å². The molecular weight excluding hydrogens is 302 g/mol. The summed E-state index contributed by atoms with van der Waals surface area (Å²) in [7, 11) is 5.61. The van der Waals surface area contributed by atoms with Gasteiger partial charge in [0.15, 0.2) is 0 Å². The zero-order valence-electron chi connectivity index (χ0n) is 13.7. The number of carbonyl (C=O) groups is 1. The first-order valence-electron chi connectivity index (χ1n) is 7.64. The van der Waals surface area contributed by atoms with E-state index in [0.717, 1.165) is 31.2 Å². The highest BCUT2D eigenvalue weighted by Gasteiger charge is 2.25. The quantitative estimate of drug-likeness (QED) is 0.791. The molecule has 1 aliphatic carbocycles. The molecule has 1 fully saturated rings. The van der Waals surface area contributed by atoms with Crippen LogP contribution in [-0.4, -0.2) is 44.2 Å². The van der Waals surface area contributed by atoms with Gasteiger partial charge in [-0.15, -0.1) is 0 Å². The van der Waals surface area contributed by atoms with Crippen LogP contribution in [0.1, 0.15) is 41.6 Å². The lowest BCUT2D eigenvalue weighted by atomic mass is 9.92. The molecule has 0 amide bonds. The molecule has 0 unspecified atom stereocenters. The zero-order valence-corrected chi connectivity index (χ0v) is 14.4. The number of ether oxygens (including phenoxy) is 2. The fraction of sp³-hybridized carbons (Fsp3) is 0.588. The lowest BCUT2D eigenvalue weighted by Crippen LogP contribution is -2.35. The predicted molar refractivity (Wildman–Crippen MR) is 87.9 cm³/mol. The lowest BCUT2D eigenvalue weighted by molar-refractivity contribution is 0.0598. The summed E-state index contributed by atoms with van der Waals surface area (Å²) in [5.74, 6) is 0.294. The third kappa shape index (κ3) is 3.93. The second kappa shape index (κ2) is 7.34. The Bertz CT molecular complexity index is 537. The number of methoxy groups -OCH3 is 1. The third-order valence-corrected chi connectivity index (χ3v) is 4.62. The van der Waals surface area contributed by atoms with Gasteiger partial charge in [0.05, 0.1) is 18.8 Å². The Morgan fingerprint density at radius 3 is 2.41 bits per heavy atom. The second-order valence-corrected chi connectivity index (χ2v) is 6.52. The van der Waals surface area contributed by atoms with Crippen molar-refractivity contribution in [1.82, 2.24) is 4.90 Å². The molecule has 4 nitrogen and oxygen atoms in total. The van der Waals surface area contributed by atoms with Gasteiger partial charge in [0.1, 0.15) is 5.75 Å². The Labute approximate surface area is 137 Å². The number of halogens is 1. The third-order valence-electron chi connectivity index (χ3n) is 4.40. The Kier molecular flexibility index (Phi) is 5.70. The molecular formula is C17H24ClNO3. The van der Waals surface area contributed by atoms with Crippen LogP contribution in [0, 0.1) is 6.92 Å². The smallest absolute Gasteiger partial charge is 0.338 e. The molecule has 0 radical (unpaired) electrons. The van der Waals surface area contributed by atoms with Gasteiger partial charge in [-0.3, -0.25) is 0 Å². The van der Waals surface area contributed by atoms with Crippen molar-refractivity contribution in [3.8, 4) is 5.75 Å². The molecule has 0 heterocycles. The van der Waals surface area contributed by atoms with Crippen LogP contribution in [0.15, 0.2) is 12.1 Å². The number of nitrogens with zero attached hydrogens (tertiary/aromatic N) is 1. The number of hydrogen-bond acceptors (Lipinski definition) is 4. The van der Waals surface area contributed by atoms with Crippen molar-refractivity contribution in [2.75, 3.05) is 21.2 Å². The summed E-state index contributed by atoms with van der Waals surface area (Å²) >= 11 is 6.11. The second-order valence-electron chi connectivity index (χ2n) is 6.08. The van der Waals surface area contributed by atoms with Crippen molar-refractivity contribution in [3.05, 3.63) is 28.3 Å². The zero-order chi connectivity index (χ0) is 16.3. The van der Waals surface area contributed by atoms with E-state index in [9.17, 15) is 4.79 Å². The monoisotopic (exact) mass is 325 g/mol. The van der Waals surface area contributed by atoms with Gasteiger partial charge in [0.2, 0.25) is 0 Å². The van der Waals surface area contributed by atoms with Crippen LogP contribution >= 0.6 is 11.6 Å². The number of carbonyl (C=O) groups excluding carboxylic acids is 1. The lowest BCUT2D eigenvalue weighted by Gasteiger charge is -2.33. The van der Waals surface area contributed by atoms with E-state index in [1.165, 1.54) is 7.11 Å². The number of esters is 1. The summed E-state index contributed by atoms with van der Waals surface area (Å²) in [6.07, 6.45) is 4.46. The summed E-state index contributed by atoms with van der Waals surface area (Å²) in [6, 6.07) is 4.03. The van der Waals surface area contributed by atoms with Gasteiger partial charge in [0, 0.05) is 16.6 Å². The molecule has 122 valence electrons. The van der Waals surface area contributed by atoms with Crippen molar-refractivity contribution >= 4 is 17.6 Å². The Hall–Kier alpha value is -1.26. The van der Waals surface area contributed by atoms with Gasteiger partial charge in [-0.1, -0.05) is 11.6 Å². The van der Waals surface area contributed by atoms with Crippen LogP contribution in [-0.2, 0) is 4.74 Å². The minimum Gasteiger partial charge on any atom is -0.490 e. The average molecular weight is 326 g/mol. The van der Waals surface area contributed by atoms with Gasteiger partial charge in [0.25, 0.3) is 0 Å². The normalized spacial score (nSPS) is 21.7. The van der Waals surface area contributed by atoms with Gasteiger partial charge in [-0.05, 0) is 58.8 Å². The molecule has 0 atom stereocenters. The molecule has 0 aromatic heterocycles. The molecule has 0 saturated heterocycles. The van der Waals surface area contributed by atoms with Crippen LogP contribution in [0.3, 0.4) is 0 Å². The van der Waals surface area contributed by atoms with Crippen LogP contribution in [0.2, 0.25) is 5.02 Å². The molecule has 0 spiro atoms. The highest BCUT2D eigenvalue weighted by molar-refractivity contribution is 6.31. The summed E-state index contributed by atoms with van der Waals surface area (Å²) in [4.78, 5) is 14.1. The van der Waals surface area contributed by atoms with Crippen LogP contribution in [0.4, 0.5) is 0 Å². The first kappa shape index (κ1) is 17.1. The molecule has 1 saturated carbocycles. The standard InChI is InChI=1S/C17H24ClNO3/c1-11-15(17(20)21-4)9-12(18)10-16(11)22-14-7-5-13(6-8-14)19(2)3/h9-10,13-14H,5-8H2,1-4H3. The molecule has 1 aromatic carbocycles. The summed E-state index contributed by atoms with van der Waals surface area (Å²) in [5.41, 5.74) is 1.25. The maximum atomic E-state index is 11.8. The van der Waals surface area contributed by atoms with Crippen LogP contribution in [0.5, 0.6) is 5.75 Å². The van der Waals surface area contributed by atoms with Crippen molar-refractivity contribution < 1.29 is 14.3 Å². The van der Waals surface area contributed by atoms with E-state index in [4.69, 9.17) is 21.1 Å². The van der Waals surface area contributed by atoms with Crippen LogP contribution in [0.25, 0.3) is 0 Å². The van der Waals surface area contributed by atoms with E-state index >= 15 is 0 Å². The highest BCUT2D eigenvalue weighted by atomic mass is 35.5. The molecule has 22 heavy (non-hydrogen) atoms. The summed E-state index contributed by atoms with van der Waals surface area (Å²) in [6.45, 7) is 1.86. The molecule has 5 heteroatoms. The summed E-state index contributed by atoms with van der Waals surface area (Å²) in [5, 5.41) is 0.489. The van der Waals surface area contributed by atoms with E-state index in [0.29, 0.717) is 22.4 Å². The average Bonchev–Trinajstić information content (AvgIpc) is 2.50. The largest absolute Gasteiger partial charge is 0.490 e. The first-order valence-corrected chi connectivity index (χ1v) is 8.01. The topological polar surface area (TPSA) is 38.8 Å². The highest BCUT2D eigenvalue weighted by Crippen LogP contribution is 2.31. The molecule has 0 N–H and O–H groups in total. The van der Waals surface area contributed by atoms with Gasteiger partial charge in [-0.25, -0.2) is 4.79 Å². The van der Waals surface area contributed by atoms with Gasteiger partial charge < -0.3 is 14.4 Å². The van der Waals surface area contributed by atoms with Gasteiger partial charge in [-0.2, -0.15) is 0 Å². The van der Waals surface area contributed by atoms with E-state index in [1.807, 2.05) is 6.92 Å². The SMILES string of the molecule is COC(=O)c1cc(Cl)cc(OC2CCC(N(C)C)CC2)c1C. The maximum Gasteiger partial charge on any atom is 0.338 e. The first-order chi connectivity index (χ1) is 10.4. The molecule has 0 aliphatic heterocycles. The van der Waals surface area contributed by atoms with E-state index < -0.39 is 0 Å². The van der Waals surface area contributed by atoms with Crippen molar-refractivity contribution in [3.63, 3.8) is 0 Å². The Morgan fingerprint density at radius 2 is 1.86 bits per heavy atom. The fourth-order valence-corrected chi connectivity index (χ4v) is 3.17. The van der Waals surface area contributed by atoms with E-state index in [2.05, 4.69) is 19.0 Å². The minimum absolute atomic E-state index is 0.180. The number of rotatable bonds is 4. The number of benzene rings is 1. The Morgan fingerprint density at radius 1 is 1.23 bits per heavy atom. The van der Waals surface area contributed by atoms with Crippen molar-refractivity contribution in [2.24, 2.45) is 0 Å². The van der Waals surface area contributed by atoms with E-state index in [-0.39, 0.29) is 12.1 Å². The molecule has 1 aromatic rings. The minimum atomic E-state index is -0.388. The number of hydrogen-bond donors (Lipinski definition) is 0. The molecule has 0 bridgehead atoms. The molecule has 2 rings (SSSR count). The van der Waals surface area contributed by atoms with Crippen LogP contribution < -0.4 is 4.74 Å². The predicted octanol–water partition coefficient (Wildman–Crippen LogP) is 3.69. The van der Waals surface area contributed by atoms with Crippen molar-refractivity contribution in [2.45, 2.75) is 44.8 Å².